The number of esters is 1. The Morgan fingerprint density at radius 2 is 1.82 bits per heavy atom. The first-order chi connectivity index (χ1) is 13.4. The molecule has 0 aliphatic rings. The Bertz CT molecular complexity index is 905. The Hall–Kier alpha value is -3.18. The van der Waals surface area contributed by atoms with Gasteiger partial charge in [0.25, 0.3) is 11.7 Å². The van der Waals surface area contributed by atoms with Crippen molar-refractivity contribution >= 4 is 35.4 Å². The van der Waals surface area contributed by atoms with Gasteiger partial charge in [-0.25, -0.2) is 4.79 Å². The van der Waals surface area contributed by atoms with Crippen LogP contribution in [0.3, 0.4) is 0 Å². The molecule has 0 saturated heterocycles. The molecular formula is C20H16F2N2O3S. The van der Waals surface area contributed by atoms with Crippen LogP contribution in [0.5, 0.6) is 0 Å². The van der Waals surface area contributed by atoms with Crippen LogP contribution in [0.1, 0.15) is 11.1 Å². The maximum Gasteiger partial charge on any atom is 0.349 e. The normalized spacial score (nSPS) is 11.0. The third-order valence-corrected chi connectivity index (χ3v) is 4.15. The summed E-state index contributed by atoms with van der Waals surface area (Å²) in [6.07, 6.45) is 1.37. The van der Waals surface area contributed by atoms with Crippen LogP contribution < -0.4 is 5.32 Å². The molecule has 0 fully saturated rings. The largest absolute Gasteiger partial charge is 0.451 e. The minimum absolute atomic E-state index is 0.231. The summed E-state index contributed by atoms with van der Waals surface area (Å²) < 4.78 is 29.4. The summed E-state index contributed by atoms with van der Waals surface area (Å²) in [4.78, 5) is 24.2. The molecule has 0 bridgehead atoms. The van der Waals surface area contributed by atoms with Crippen molar-refractivity contribution in [2.45, 2.75) is 17.6 Å². The number of hydrogen-bond donors (Lipinski definition) is 1. The molecule has 2 aromatic carbocycles. The maximum absolute atomic E-state index is 12.3. The van der Waals surface area contributed by atoms with Gasteiger partial charge in [0.2, 0.25) is 0 Å². The van der Waals surface area contributed by atoms with Crippen LogP contribution in [0, 0.1) is 18.3 Å². The van der Waals surface area contributed by atoms with Crippen molar-refractivity contribution in [3.63, 3.8) is 0 Å². The number of aryl methyl sites for hydroxylation is 1. The zero-order valence-corrected chi connectivity index (χ0v) is 15.6. The van der Waals surface area contributed by atoms with Crippen LogP contribution in [-0.4, -0.2) is 24.2 Å². The Morgan fingerprint density at radius 1 is 1.18 bits per heavy atom. The van der Waals surface area contributed by atoms with Crippen molar-refractivity contribution in [2.24, 2.45) is 0 Å². The van der Waals surface area contributed by atoms with Crippen molar-refractivity contribution in [3.8, 4) is 6.07 Å². The molecule has 28 heavy (non-hydrogen) atoms. The molecule has 0 aromatic heterocycles. The van der Waals surface area contributed by atoms with E-state index < -0.39 is 24.2 Å². The van der Waals surface area contributed by atoms with Crippen LogP contribution in [0.25, 0.3) is 6.08 Å². The number of benzene rings is 2. The predicted octanol–water partition coefficient (Wildman–Crippen LogP) is 4.40. The highest BCUT2D eigenvalue weighted by molar-refractivity contribution is 7.99. The monoisotopic (exact) mass is 402 g/mol. The summed E-state index contributed by atoms with van der Waals surface area (Å²) in [5, 5.41) is 11.6. The number of halogens is 2. The van der Waals surface area contributed by atoms with E-state index in [0.29, 0.717) is 27.9 Å². The van der Waals surface area contributed by atoms with E-state index in [1.165, 1.54) is 30.3 Å². The molecule has 0 radical (unpaired) electrons. The van der Waals surface area contributed by atoms with Crippen LogP contribution in [-0.2, 0) is 14.3 Å². The number of amides is 1. The van der Waals surface area contributed by atoms with E-state index in [1.807, 2.05) is 19.1 Å². The Kier molecular flexibility index (Phi) is 7.72. The molecule has 0 unspecified atom stereocenters. The van der Waals surface area contributed by atoms with Crippen molar-refractivity contribution < 1.29 is 23.1 Å². The molecule has 0 spiro atoms. The number of hydrogen-bond acceptors (Lipinski definition) is 5. The highest BCUT2D eigenvalue weighted by atomic mass is 32.2. The lowest BCUT2D eigenvalue weighted by molar-refractivity contribution is -0.142. The van der Waals surface area contributed by atoms with Gasteiger partial charge in [0.15, 0.2) is 6.61 Å². The highest BCUT2D eigenvalue weighted by Crippen LogP contribution is 2.26. The standard InChI is InChI=1S/C20H16F2N2O3S/c1-13-2-4-14(5-3-13)10-15(11-23)19(26)27-12-18(25)24-16-6-8-17(9-7-16)28-20(21)22/h2-10,20H,12H2,1H3,(H,24,25)/b15-10+. The van der Waals surface area contributed by atoms with E-state index >= 15 is 0 Å². The van der Waals surface area contributed by atoms with Gasteiger partial charge >= 0.3 is 5.97 Å². The number of thioether (sulfide) groups is 1. The first-order valence-electron chi connectivity index (χ1n) is 8.07. The Balaban J connectivity index is 1.89. The van der Waals surface area contributed by atoms with Crippen LogP contribution in [0.4, 0.5) is 14.5 Å². The molecule has 0 aliphatic heterocycles. The zero-order chi connectivity index (χ0) is 20.5. The Morgan fingerprint density at radius 3 is 2.39 bits per heavy atom. The van der Waals surface area contributed by atoms with Gasteiger partial charge in [0, 0.05) is 10.6 Å². The summed E-state index contributed by atoms with van der Waals surface area (Å²) >= 11 is 0.395. The molecule has 0 aliphatic carbocycles. The van der Waals surface area contributed by atoms with Gasteiger partial charge in [0.05, 0.1) is 0 Å². The highest BCUT2D eigenvalue weighted by Gasteiger charge is 2.13. The number of alkyl halides is 2. The molecule has 0 saturated carbocycles. The number of carbonyl (C=O) groups excluding carboxylic acids is 2. The molecule has 2 rings (SSSR count). The summed E-state index contributed by atoms with van der Waals surface area (Å²) in [7, 11) is 0. The molecule has 0 atom stereocenters. The van der Waals surface area contributed by atoms with E-state index in [-0.39, 0.29) is 5.57 Å². The zero-order valence-electron chi connectivity index (χ0n) is 14.8. The van der Waals surface area contributed by atoms with E-state index in [2.05, 4.69) is 5.32 Å². The smallest absolute Gasteiger partial charge is 0.349 e. The van der Waals surface area contributed by atoms with Crippen molar-refractivity contribution in [1.29, 1.82) is 5.26 Å². The fraction of sp³-hybridized carbons (Fsp3) is 0.150. The number of rotatable bonds is 7. The van der Waals surface area contributed by atoms with Gasteiger partial charge in [-0.2, -0.15) is 14.0 Å². The lowest BCUT2D eigenvalue weighted by Gasteiger charge is -2.07. The molecule has 0 heterocycles. The van der Waals surface area contributed by atoms with Gasteiger partial charge in [-0.1, -0.05) is 41.6 Å². The second-order valence-corrected chi connectivity index (χ2v) is 6.67. The summed E-state index contributed by atoms with van der Waals surface area (Å²) in [5.74, 6) is -4.06. The van der Waals surface area contributed by atoms with E-state index in [4.69, 9.17) is 10.00 Å². The summed E-state index contributed by atoms with van der Waals surface area (Å²) in [6.45, 7) is 1.33. The SMILES string of the molecule is Cc1ccc(/C=C(\C#N)C(=O)OCC(=O)Nc2ccc(SC(F)F)cc2)cc1. The van der Waals surface area contributed by atoms with Crippen LogP contribution >= 0.6 is 11.8 Å². The number of nitrogens with one attached hydrogen (secondary N) is 1. The second kappa shape index (κ2) is 10.2. The van der Waals surface area contributed by atoms with Crippen molar-refractivity contribution in [3.05, 3.63) is 65.2 Å². The van der Waals surface area contributed by atoms with Gasteiger partial charge in [-0.05, 0) is 42.8 Å². The van der Waals surface area contributed by atoms with Crippen LogP contribution in [0.2, 0.25) is 0 Å². The van der Waals surface area contributed by atoms with Crippen molar-refractivity contribution in [1.82, 2.24) is 0 Å². The number of ether oxygens (including phenoxy) is 1. The molecule has 144 valence electrons. The second-order valence-electron chi connectivity index (χ2n) is 5.61. The van der Waals surface area contributed by atoms with Crippen LogP contribution in [0.15, 0.2) is 59.0 Å². The van der Waals surface area contributed by atoms with Gasteiger partial charge in [-0.15, -0.1) is 0 Å². The molecule has 5 nitrogen and oxygen atoms in total. The van der Waals surface area contributed by atoms with Gasteiger partial charge in [-0.3, -0.25) is 4.79 Å². The van der Waals surface area contributed by atoms with Gasteiger partial charge < -0.3 is 10.1 Å². The number of nitrogens with zero attached hydrogens (tertiary/aromatic N) is 1. The lowest BCUT2D eigenvalue weighted by atomic mass is 10.1. The minimum Gasteiger partial charge on any atom is -0.451 e. The topological polar surface area (TPSA) is 79.2 Å². The fourth-order valence-corrected chi connectivity index (χ4v) is 2.59. The third-order valence-electron chi connectivity index (χ3n) is 3.43. The Labute approximate surface area is 165 Å². The molecule has 2 aromatic rings. The average Bonchev–Trinajstić information content (AvgIpc) is 2.67. The quantitative estimate of drug-likeness (QED) is 0.321. The van der Waals surface area contributed by atoms with Crippen molar-refractivity contribution in [2.75, 3.05) is 11.9 Å². The predicted molar refractivity (Wildman–Crippen MR) is 103 cm³/mol. The van der Waals surface area contributed by atoms with Gasteiger partial charge in [0.1, 0.15) is 11.6 Å². The molecule has 1 amide bonds. The number of anilines is 1. The molecule has 1 N–H and O–H groups in total. The minimum atomic E-state index is -2.53. The molecular weight excluding hydrogens is 386 g/mol. The van der Waals surface area contributed by atoms with E-state index in [0.717, 1.165) is 5.56 Å². The lowest BCUT2D eigenvalue weighted by Crippen LogP contribution is -2.21. The van der Waals surface area contributed by atoms with E-state index in [1.54, 1.807) is 18.2 Å². The average molecular weight is 402 g/mol. The third kappa shape index (κ3) is 6.85. The summed E-state index contributed by atoms with van der Waals surface area (Å²) in [6, 6.07) is 14.7. The fourth-order valence-electron chi connectivity index (χ4n) is 2.09. The molecule has 8 heteroatoms. The summed E-state index contributed by atoms with van der Waals surface area (Å²) in [5.41, 5.74) is 1.83. The first-order valence-corrected chi connectivity index (χ1v) is 8.95. The number of nitriles is 1. The number of carbonyl (C=O) groups is 2. The first kappa shape index (κ1) is 21.1. The maximum atomic E-state index is 12.3. The van der Waals surface area contributed by atoms with E-state index in [9.17, 15) is 18.4 Å².